The molecule has 3 heterocycles. The fourth-order valence-electron chi connectivity index (χ4n) is 5.90. The highest BCUT2D eigenvalue weighted by Crippen LogP contribution is 2.38. The summed E-state index contributed by atoms with van der Waals surface area (Å²) in [6.45, 7) is 10.5. The minimum absolute atomic E-state index is 0.125. The number of hydrogen-bond acceptors (Lipinski definition) is 7. The van der Waals surface area contributed by atoms with Gasteiger partial charge in [0.05, 0.1) is 27.8 Å². The Kier molecular flexibility index (Phi) is 10.8. The van der Waals surface area contributed by atoms with Gasteiger partial charge in [-0.05, 0) is 61.2 Å². The fraction of sp³-hybridized carbons (Fsp3) is 0.485. The topological polar surface area (TPSA) is 98.7 Å². The molecule has 13 heteroatoms. The summed E-state index contributed by atoms with van der Waals surface area (Å²) in [6, 6.07) is 12.9. The fourth-order valence-corrected chi connectivity index (χ4v) is 6.39. The predicted molar refractivity (Wildman–Crippen MR) is 180 cm³/mol. The Hall–Kier alpha value is -3.35. The quantitative estimate of drug-likeness (QED) is 0.208. The first-order valence-electron chi connectivity index (χ1n) is 15.5. The molecule has 2 fully saturated rings. The third kappa shape index (κ3) is 8.32. The van der Waals surface area contributed by atoms with E-state index in [0.717, 1.165) is 25.2 Å². The zero-order valence-corrected chi connectivity index (χ0v) is 28.7. The number of hydrogen-bond donors (Lipinski definition) is 1. The lowest BCUT2D eigenvalue weighted by Gasteiger charge is -2.41. The number of benzene rings is 2. The maximum absolute atomic E-state index is 15.5. The number of anilines is 1. The van der Waals surface area contributed by atoms with Crippen molar-refractivity contribution in [2.45, 2.75) is 45.3 Å². The summed E-state index contributed by atoms with van der Waals surface area (Å²) in [5.74, 6) is -0.298. The van der Waals surface area contributed by atoms with Crippen molar-refractivity contribution < 1.29 is 28.6 Å². The molecule has 3 aromatic rings. The molecule has 46 heavy (non-hydrogen) atoms. The van der Waals surface area contributed by atoms with E-state index in [1.54, 1.807) is 17.0 Å². The Morgan fingerprint density at radius 1 is 1.09 bits per heavy atom. The highest BCUT2D eigenvalue weighted by atomic mass is 79.9. The van der Waals surface area contributed by atoms with Gasteiger partial charge in [0, 0.05) is 63.8 Å². The van der Waals surface area contributed by atoms with E-state index in [1.165, 1.54) is 4.90 Å². The molecule has 2 aromatic carbocycles. The number of nitrogens with zero attached hydrogens (tertiary/aromatic N) is 5. The summed E-state index contributed by atoms with van der Waals surface area (Å²) in [5.41, 5.74) is 1.33. The summed E-state index contributed by atoms with van der Waals surface area (Å²) in [6.07, 6.45) is 0.00556. The number of pyridine rings is 1. The van der Waals surface area contributed by atoms with Crippen LogP contribution in [0.5, 0.6) is 5.88 Å². The van der Waals surface area contributed by atoms with Crippen molar-refractivity contribution in [1.29, 1.82) is 0 Å². The van der Waals surface area contributed by atoms with Crippen LogP contribution < -0.4 is 9.64 Å². The average molecular weight is 721 g/mol. The molecule has 0 bridgehead atoms. The lowest BCUT2D eigenvalue weighted by Crippen LogP contribution is -2.55. The lowest BCUT2D eigenvalue weighted by molar-refractivity contribution is 0.0141. The van der Waals surface area contributed by atoms with Crippen LogP contribution >= 0.6 is 27.5 Å². The third-order valence-electron chi connectivity index (χ3n) is 8.17. The molecule has 0 aliphatic carbocycles. The summed E-state index contributed by atoms with van der Waals surface area (Å²) < 4.78 is 27.2. The van der Waals surface area contributed by atoms with Crippen molar-refractivity contribution >= 4 is 56.3 Å². The second kappa shape index (κ2) is 14.6. The number of amides is 2. The Morgan fingerprint density at radius 2 is 1.80 bits per heavy atom. The Morgan fingerprint density at radius 3 is 2.48 bits per heavy atom. The van der Waals surface area contributed by atoms with Crippen molar-refractivity contribution in [3.8, 4) is 5.88 Å². The van der Waals surface area contributed by atoms with Crippen molar-refractivity contribution in [2.24, 2.45) is 0 Å². The van der Waals surface area contributed by atoms with Gasteiger partial charge in [-0.1, -0.05) is 41.9 Å². The monoisotopic (exact) mass is 719 g/mol. The van der Waals surface area contributed by atoms with Crippen LogP contribution in [0.3, 0.4) is 0 Å². The van der Waals surface area contributed by atoms with E-state index in [9.17, 15) is 14.7 Å². The summed E-state index contributed by atoms with van der Waals surface area (Å²) in [5, 5.41) is 10.7. The maximum Gasteiger partial charge on any atom is 0.410 e. The molecule has 1 atom stereocenters. The van der Waals surface area contributed by atoms with E-state index >= 15 is 4.39 Å². The Labute approximate surface area is 282 Å². The number of carbonyl (C=O) groups is 2. The SMILES string of the molecule is CC(C)(C)OC(=O)N1CCN(CCCOc2cc(N3CCN(C(=O)O)C(Cc4ccccc4)C3)c3cc(Cl)c(Br)c(F)c3n2)CC1. The van der Waals surface area contributed by atoms with Crippen LogP contribution in [0.25, 0.3) is 10.9 Å². The smallest absolute Gasteiger partial charge is 0.410 e. The average Bonchev–Trinajstić information content (AvgIpc) is 3.02. The first-order valence-corrected chi connectivity index (χ1v) is 16.7. The standard InChI is InChI=1S/C33H40BrClFN5O5/c1-33(2,3)46-32(44)39-13-11-38(12-14-39)10-7-17-45-27-20-26(24-19-25(35)28(34)29(36)30(24)37-27)40-15-16-41(31(42)43)23(21-40)18-22-8-5-4-6-9-22/h4-6,8-9,19-20,23H,7,10-18,21H2,1-3H3,(H,42,43). The van der Waals surface area contributed by atoms with Gasteiger partial charge in [0.15, 0.2) is 5.82 Å². The predicted octanol–water partition coefficient (Wildman–Crippen LogP) is 6.52. The molecule has 0 radical (unpaired) electrons. The van der Waals surface area contributed by atoms with Crippen molar-refractivity contribution in [2.75, 3.05) is 63.9 Å². The van der Waals surface area contributed by atoms with Crippen molar-refractivity contribution in [3.05, 3.63) is 63.3 Å². The molecule has 1 unspecified atom stereocenters. The van der Waals surface area contributed by atoms with Crippen LogP contribution in [-0.4, -0.2) is 108 Å². The molecule has 2 saturated heterocycles. The number of carbonyl (C=O) groups excluding carboxylic acids is 1. The molecule has 1 N–H and O–H groups in total. The van der Waals surface area contributed by atoms with Crippen LogP contribution in [0.2, 0.25) is 5.02 Å². The Bertz CT molecular complexity index is 1550. The summed E-state index contributed by atoms with van der Waals surface area (Å²) >= 11 is 9.63. The number of ether oxygens (including phenoxy) is 2. The van der Waals surface area contributed by atoms with E-state index in [4.69, 9.17) is 21.1 Å². The minimum atomic E-state index is -0.964. The van der Waals surface area contributed by atoms with Crippen molar-refractivity contribution in [3.63, 3.8) is 0 Å². The number of carboxylic acid groups (broad SMARTS) is 1. The molecule has 248 valence electrons. The van der Waals surface area contributed by atoms with E-state index in [0.29, 0.717) is 63.2 Å². The van der Waals surface area contributed by atoms with Crippen LogP contribution in [0.15, 0.2) is 46.9 Å². The van der Waals surface area contributed by atoms with Crippen LogP contribution in [-0.2, 0) is 11.2 Å². The van der Waals surface area contributed by atoms with Gasteiger partial charge in [-0.25, -0.2) is 19.0 Å². The summed E-state index contributed by atoms with van der Waals surface area (Å²) in [7, 11) is 0. The van der Waals surface area contributed by atoms with Gasteiger partial charge in [0.2, 0.25) is 5.88 Å². The normalized spacial score (nSPS) is 17.8. The third-order valence-corrected chi connectivity index (χ3v) is 9.47. The number of rotatable bonds is 8. The summed E-state index contributed by atoms with van der Waals surface area (Å²) in [4.78, 5) is 36.6. The van der Waals surface area contributed by atoms with Gasteiger partial charge in [-0.2, -0.15) is 0 Å². The molecule has 0 spiro atoms. The Balaban J connectivity index is 1.28. The molecular formula is C33H40BrClFN5O5. The molecule has 2 aliphatic heterocycles. The molecule has 5 rings (SSSR count). The highest BCUT2D eigenvalue weighted by Gasteiger charge is 2.32. The minimum Gasteiger partial charge on any atom is -0.478 e. The molecule has 2 aliphatic rings. The molecule has 0 saturated carbocycles. The molecule has 1 aromatic heterocycles. The number of fused-ring (bicyclic) bond motifs is 1. The van der Waals surface area contributed by atoms with E-state index < -0.39 is 17.5 Å². The second-order valence-corrected chi connectivity index (χ2v) is 13.8. The first-order chi connectivity index (χ1) is 21.9. The van der Waals surface area contributed by atoms with Gasteiger partial charge in [-0.3, -0.25) is 4.90 Å². The van der Waals surface area contributed by atoms with Gasteiger partial charge in [-0.15, -0.1) is 0 Å². The zero-order valence-electron chi connectivity index (χ0n) is 26.3. The number of piperazine rings is 2. The highest BCUT2D eigenvalue weighted by molar-refractivity contribution is 9.10. The van der Waals surface area contributed by atoms with Crippen LogP contribution in [0, 0.1) is 5.82 Å². The van der Waals surface area contributed by atoms with Crippen LogP contribution in [0.4, 0.5) is 19.7 Å². The largest absolute Gasteiger partial charge is 0.478 e. The number of halogens is 3. The van der Waals surface area contributed by atoms with Gasteiger partial charge in [0.25, 0.3) is 0 Å². The first kappa shape index (κ1) is 34.0. The van der Waals surface area contributed by atoms with E-state index in [2.05, 4.69) is 30.7 Å². The molecule has 2 amide bonds. The second-order valence-electron chi connectivity index (χ2n) is 12.6. The van der Waals surface area contributed by atoms with Gasteiger partial charge < -0.3 is 29.3 Å². The van der Waals surface area contributed by atoms with Gasteiger partial charge in [0.1, 0.15) is 11.1 Å². The van der Waals surface area contributed by atoms with Gasteiger partial charge >= 0.3 is 12.2 Å². The molecule has 10 nitrogen and oxygen atoms in total. The lowest BCUT2D eigenvalue weighted by atomic mass is 10.0. The molecular weight excluding hydrogens is 681 g/mol. The van der Waals surface area contributed by atoms with E-state index in [-0.39, 0.29) is 33.0 Å². The van der Waals surface area contributed by atoms with Crippen molar-refractivity contribution in [1.82, 2.24) is 19.7 Å². The maximum atomic E-state index is 15.5. The van der Waals surface area contributed by atoms with E-state index in [1.807, 2.05) is 51.1 Å². The zero-order chi connectivity index (χ0) is 33.0. The van der Waals surface area contributed by atoms with Crippen LogP contribution in [0.1, 0.15) is 32.8 Å². The number of aromatic nitrogens is 1.